The summed E-state index contributed by atoms with van der Waals surface area (Å²) in [4.78, 5) is 3.97. The second-order valence-electron chi connectivity index (χ2n) is 16.1. The molecule has 2 heteroatoms. The highest BCUT2D eigenvalue weighted by Gasteiger charge is 2.28. The van der Waals surface area contributed by atoms with Crippen molar-refractivity contribution in [2.24, 2.45) is 0 Å². The molecule has 220 valence electrons. The first-order chi connectivity index (χ1) is 18.7. The maximum atomic E-state index is 2.56. The van der Waals surface area contributed by atoms with Gasteiger partial charge in [0.05, 0.1) is 11.6 Å². The van der Waals surface area contributed by atoms with E-state index in [4.69, 9.17) is 0 Å². The maximum Gasteiger partial charge on any atom is 0.0729 e. The molecule has 0 atom stereocenters. The molecule has 0 N–H and O–H groups in total. The Morgan fingerprint density at radius 1 is 0.537 bits per heavy atom. The zero-order valence-corrected chi connectivity index (χ0v) is 29.1. The van der Waals surface area contributed by atoms with Gasteiger partial charge in [0, 0.05) is 21.7 Å². The average molecular weight is 568 g/mol. The zero-order valence-electron chi connectivity index (χ0n) is 28.3. The van der Waals surface area contributed by atoms with Crippen molar-refractivity contribution >= 4 is 17.4 Å². The molecule has 0 fully saturated rings. The van der Waals surface area contributed by atoms with Crippen molar-refractivity contribution in [1.82, 2.24) is 0 Å². The van der Waals surface area contributed by atoms with E-state index in [0.29, 0.717) is 0 Å². The van der Waals surface area contributed by atoms with E-state index in [9.17, 15) is 0 Å². The van der Waals surface area contributed by atoms with Gasteiger partial charge in [-0.25, -0.2) is 0 Å². The average Bonchev–Trinajstić information content (AvgIpc) is 3.18. The number of thioether (sulfide) groups is 1. The van der Waals surface area contributed by atoms with Crippen molar-refractivity contribution in [3.05, 3.63) is 87.5 Å². The lowest BCUT2D eigenvalue weighted by atomic mass is 9.77. The molecule has 0 radical (unpaired) electrons. The Hall–Kier alpha value is -2.45. The predicted molar refractivity (Wildman–Crippen MR) is 185 cm³/mol. The van der Waals surface area contributed by atoms with E-state index in [1.165, 1.54) is 60.8 Å². The highest BCUT2D eigenvalue weighted by molar-refractivity contribution is 8.03. The van der Waals surface area contributed by atoms with Crippen molar-refractivity contribution in [2.75, 3.05) is 10.8 Å². The minimum Gasteiger partial charge on any atom is -0.334 e. The van der Waals surface area contributed by atoms with Crippen molar-refractivity contribution in [3.8, 4) is 22.3 Å². The molecule has 3 aromatic rings. The molecule has 0 bridgehead atoms. The molecule has 1 aliphatic heterocycles. The lowest BCUT2D eigenvalue weighted by Gasteiger charge is -2.30. The van der Waals surface area contributed by atoms with Crippen molar-refractivity contribution < 1.29 is 0 Å². The van der Waals surface area contributed by atoms with Crippen molar-refractivity contribution in [2.45, 2.75) is 119 Å². The summed E-state index contributed by atoms with van der Waals surface area (Å²) in [7, 11) is 0. The van der Waals surface area contributed by atoms with Gasteiger partial charge in [-0.15, -0.1) is 11.8 Å². The second kappa shape index (κ2) is 10.7. The van der Waals surface area contributed by atoms with Gasteiger partial charge < -0.3 is 4.90 Å². The number of benzene rings is 3. The number of para-hydroxylation sites is 1. The fraction of sp³-hybridized carbons (Fsp3) is 0.487. The van der Waals surface area contributed by atoms with Gasteiger partial charge in [0.2, 0.25) is 0 Å². The lowest BCUT2D eigenvalue weighted by molar-refractivity contribution is 0.568. The van der Waals surface area contributed by atoms with Gasteiger partial charge in [0.15, 0.2) is 0 Å². The van der Waals surface area contributed by atoms with E-state index >= 15 is 0 Å². The molecule has 0 unspecified atom stereocenters. The smallest absolute Gasteiger partial charge is 0.0729 e. The number of anilines is 1. The Labute approximate surface area is 255 Å². The highest BCUT2D eigenvalue weighted by Crippen LogP contribution is 2.47. The molecule has 0 saturated heterocycles. The van der Waals surface area contributed by atoms with Crippen LogP contribution in [0.25, 0.3) is 22.3 Å². The summed E-state index contributed by atoms with van der Waals surface area (Å²) in [5.41, 5.74) is 13.7. The van der Waals surface area contributed by atoms with E-state index in [0.717, 1.165) is 5.88 Å². The van der Waals surface area contributed by atoms with E-state index in [1.807, 2.05) is 11.8 Å². The quantitative estimate of drug-likeness (QED) is 0.310. The summed E-state index contributed by atoms with van der Waals surface area (Å²) >= 11 is 1.95. The zero-order chi connectivity index (χ0) is 30.7. The number of rotatable bonds is 3. The molecule has 1 heterocycles. The number of hydrogen-bond donors (Lipinski definition) is 0. The van der Waals surface area contributed by atoms with E-state index in [1.54, 1.807) is 0 Å². The van der Waals surface area contributed by atoms with Gasteiger partial charge in [-0.2, -0.15) is 0 Å². The fourth-order valence-corrected chi connectivity index (χ4v) is 6.35. The summed E-state index contributed by atoms with van der Waals surface area (Å²) in [5.74, 6) is 0.942. The summed E-state index contributed by atoms with van der Waals surface area (Å²) in [6.45, 7) is 32.5. The Balaban J connectivity index is 2.11. The lowest BCUT2D eigenvalue weighted by Crippen LogP contribution is -2.20. The topological polar surface area (TPSA) is 3.24 Å². The Morgan fingerprint density at radius 3 is 1.15 bits per heavy atom. The Morgan fingerprint density at radius 2 is 0.878 bits per heavy atom. The fourth-order valence-electron chi connectivity index (χ4n) is 5.38. The van der Waals surface area contributed by atoms with Crippen LogP contribution in [0.3, 0.4) is 0 Å². The first kappa shape index (κ1) is 31.5. The molecule has 1 aliphatic rings. The molecule has 0 aromatic heterocycles. The van der Waals surface area contributed by atoms with Crippen LogP contribution in [0.5, 0.6) is 0 Å². The molecule has 41 heavy (non-hydrogen) atoms. The Kier molecular flexibility index (Phi) is 8.20. The first-order valence-corrected chi connectivity index (χ1v) is 16.2. The summed E-state index contributed by atoms with van der Waals surface area (Å²) < 4.78 is 0. The van der Waals surface area contributed by atoms with Crippen molar-refractivity contribution in [3.63, 3.8) is 0 Å². The SMILES string of the molecule is CC1=C(C)N(c2c(-c3cc(C(C)(C)C)cc(C(C)(C)C)c3)cccc2-c2cc(C(C)(C)C)cc(C(C)(C)C)c2)CS1. The molecule has 0 amide bonds. The molecule has 0 aliphatic carbocycles. The molecule has 0 saturated carbocycles. The molecular formula is C39H53NS. The summed E-state index contributed by atoms with van der Waals surface area (Å²) in [5, 5.41) is 0. The molecule has 0 spiro atoms. The third-order valence-electron chi connectivity index (χ3n) is 8.58. The second-order valence-corrected chi connectivity index (χ2v) is 17.3. The van der Waals surface area contributed by atoms with Crippen LogP contribution >= 0.6 is 11.8 Å². The third-order valence-corrected chi connectivity index (χ3v) is 9.70. The van der Waals surface area contributed by atoms with Crippen molar-refractivity contribution in [1.29, 1.82) is 0 Å². The third kappa shape index (κ3) is 6.64. The van der Waals surface area contributed by atoms with Crippen LogP contribution in [0.4, 0.5) is 5.69 Å². The van der Waals surface area contributed by atoms with Crippen LogP contribution in [0, 0.1) is 0 Å². The summed E-state index contributed by atoms with van der Waals surface area (Å²) in [6, 6.07) is 21.6. The van der Waals surface area contributed by atoms with Gasteiger partial charge >= 0.3 is 0 Å². The van der Waals surface area contributed by atoms with Crippen LogP contribution in [0.2, 0.25) is 0 Å². The van der Waals surface area contributed by atoms with Gasteiger partial charge in [0.1, 0.15) is 0 Å². The normalized spacial score (nSPS) is 15.2. The monoisotopic (exact) mass is 567 g/mol. The minimum atomic E-state index is 0.0618. The van der Waals surface area contributed by atoms with Gasteiger partial charge in [-0.1, -0.05) is 138 Å². The van der Waals surface area contributed by atoms with Crippen LogP contribution in [0.15, 0.2) is 65.2 Å². The summed E-state index contributed by atoms with van der Waals surface area (Å²) in [6.07, 6.45) is 0. The number of nitrogens with zero attached hydrogens (tertiary/aromatic N) is 1. The van der Waals surface area contributed by atoms with Crippen LogP contribution in [-0.2, 0) is 21.7 Å². The van der Waals surface area contributed by atoms with Crippen LogP contribution < -0.4 is 4.90 Å². The molecule has 1 nitrogen and oxygen atoms in total. The minimum absolute atomic E-state index is 0.0618. The number of hydrogen-bond acceptors (Lipinski definition) is 2. The van der Waals surface area contributed by atoms with Crippen LogP contribution in [-0.4, -0.2) is 5.88 Å². The molecule has 4 rings (SSSR count). The van der Waals surface area contributed by atoms with Crippen LogP contribution in [0.1, 0.15) is 119 Å². The first-order valence-electron chi connectivity index (χ1n) is 15.2. The highest BCUT2D eigenvalue weighted by atomic mass is 32.2. The Bertz CT molecular complexity index is 1320. The predicted octanol–water partition coefficient (Wildman–Crippen LogP) is 12.0. The van der Waals surface area contributed by atoms with Gasteiger partial charge in [-0.3, -0.25) is 0 Å². The van der Waals surface area contributed by atoms with E-state index in [2.05, 4.69) is 156 Å². The molecular weight excluding hydrogens is 515 g/mol. The largest absolute Gasteiger partial charge is 0.334 e. The van der Waals surface area contributed by atoms with E-state index in [-0.39, 0.29) is 21.7 Å². The molecule has 3 aromatic carbocycles. The number of allylic oxidation sites excluding steroid dienone is 2. The maximum absolute atomic E-state index is 2.56. The van der Waals surface area contributed by atoms with E-state index < -0.39 is 0 Å². The van der Waals surface area contributed by atoms with Gasteiger partial charge in [0.25, 0.3) is 0 Å². The standard InChI is InChI=1S/C39H53NS/c1-25-26(2)41-24-40(25)35-33(27-18-29(36(3,4)5)22-30(19-27)37(6,7)8)16-15-17-34(35)28-20-31(38(9,10)11)23-32(21-28)39(12,13)14/h15-23H,24H2,1-14H3. The van der Waals surface area contributed by atoms with Gasteiger partial charge in [-0.05, 0) is 68.9 Å².